The number of piperidine rings is 1. The van der Waals surface area contributed by atoms with Crippen LogP contribution in [0.3, 0.4) is 0 Å². The second-order valence-corrected chi connectivity index (χ2v) is 14.5. The molecule has 4 rings (SSSR count). The minimum absolute atomic E-state index is 0.0102. The maximum absolute atomic E-state index is 12.0. The van der Waals surface area contributed by atoms with E-state index >= 15 is 0 Å². The summed E-state index contributed by atoms with van der Waals surface area (Å²) in [6, 6.07) is 9.65. The molecule has 0 spiro atoms. The first-order chi connectivity index (χ1) is 20.7. The molecular weight excluding hydrogens is 608 g/mol. The Bertz CT molecular complexity index is 1550. The fraction of sp³-hybridized carbons (Fsp3) is 0.500. The number of amides is 1. The number of nitrogens with zero attached hydrogens (tertiary/aromatic N) is 2. The average molecular weight is 647 g/mol. The van der Waals surface area contributed by atoms with Crippen molar-refractivity contribution in [2.45, 2.75) is 74.1 Å². The highest BCUT2D eigenvalue weighted by molar-refractivity contribution is 7.99. The molecule has 44 heavy (non-hydrogen) atoms. The number of rotatable bonds is 11. The van der Waals surface area contributed by atoms with Crippen LogP contribution in [0.15, 0.2) is 35.2 Å². The molecule has 3 atom stereocenters. The number of carboxylic acids is 1. The maximum Gasteiger partial charge on any atom is 0.327 e. The van der Waals surface area contributed by atoms with Gasteiger partial charge in [-0.3, -0.25) is 14.4 Å². The lowest BCUT2D eigenvalue weighted by atomic mass is 9.81. The van der Waals surface area contributed by atoms with E-state index in [1.807, 2.05) is 18.2 Å². The van der Waals surface area contributed by atoms with Gasteiger partial charge in [-0.05, 0) is 67.5 Å². The molecule has 1 amide bonds. The summed E-state index contributed by atoms with van der Waals surface area (Å²) in [5.41, 5.74) is 1.90. The molecule has 238 valence electrons. The van der Waals surface area contributed by atoms with E-state index in [0.29, 0.717) is 37.5 Å². The fourth-order valence-corrected chi connectivity index (χ4v) is 7.54. The number of likely N-dealkylation sites (tertiary alicyclic amines) is 1. The van der Waals surface area contributed by atoms with E-state index in [0.717, 1.165) is 37.3 Å². The summed E-state index contributed by atoms with van der Waals surface area (Å²) in [5.74, 6) is -2.37. The summed E-state index contributed by atoms with van der Waals surface area (Å²) in [6.07, 6.45) is 2.96. The first-order valence-electron chi connectivity index (χ1n) is 14.3. The molecule has 2 aromatic rings. The third kappa shape index (κ3) is 8.64. The largest absolute Gasteiger partial charge is 0.506 e. The molecule has 1 saturated heterocycles. The second kappa shape index (κ2) is 13.7. The quantitative estimate of drug-likeness (QED) is 0.154. The summed E-state index contributed by atoms with van der Waals surface area (Å²) in [5, 5.41) is 54.6. The van der Waals surface area contributed by atoms with Crippen LogP contribution in [-0.4, -0.2) is 88.4 Å². The number of fused-ring (bicyclic) bond motifs is 1. The monoisotopic (exact) mass is 646 g/mol. The molecule has 14 heteroatoms. The van der Waals surface area contributed by atoms with Crippen molar-refractivity contribution >= 4 is 39.3 Å². The first-order valence-corrected chi connectivity index (χ1v) is 17.2. The van der Waals surface area contributed by atoms with Gasteiger partial charge in [0, 0.05) is 43.8 Å². The predicted molar refractivity (Wildman–Crippen MR) is 165 cm³/mol. The topological polar surface area (TPSA) is 200 Å². The third-order valence-corrected chi connectivity index (χ3v) is 9.93. The van der Waals surface area contributed by atoms with Crippen LogP contribution in [0.1, 0.15) is 61.0 Å². The molecule has 1 heterocycles. The third-order valence-electron chi connectivity index (χ3n) is 8.20. The molecule has 0 bridgehead atoms. The molecule has 0 saturated carbocycles. The number of phenols is 1. The highest BCUT2D eigenvalue weighted by atomic mass is 32.2. The molecule has 2 aliphatic rings. The van der Waals surface area contributed by atoms with Crippen LogP contribution in [0, 0.1) is 11.3 Å². The number of thioether (sulfide) groups is 1. The highest BCUT2D eigenvalue weighted by Gasteiger charge is 2.38. The Hall–Kier alpha value is -3.35. The van der Waals surface area contributed by atoms with E-state index in [9.17, 15) is 43.7 Å². The van der Waals surface area contributed by atoms with Gasteiger partial charge < -0.3 is 25.7 Å². The van der Waals surface area contributed by atoms with Crippen molar-refractivity contribution in [1.29, 1.82) is 5.26 Å². The number of sulfonamides is 1. The lowest BCUT2D eigenvalue weighted by Crippen LogP contribution is -2.50. The van der Waals surface area contributed by atoms with E-state index in [2.05, 4.69) is 21.0 Å². The lowest BCUT2D eigenvalue weighted by molar-refractivity contribution is -0.140. The summed E-state index contributed by atoms with van der Waals surface area (Å²) in [6.45, 7) is 2.41. The van der Waals surface area contributed by atoms with Gasteiger partial charge in [-0.25, -0.2) is 13.2 Å². The van der Waals surface area contributed by atoms with E-state index in [1.54, 1.807) is 0 Å². The van der Waals surface area contributed by atoms with Crippen LogP contribution in [0.25, 0.3) is 0 Å². The summed E-state index contributed by atoms with van der Waals surface area (Å²) in [4.78, 5) is 25.4. The number of nitrogens with one attached hydrogen (secondary N) is 2. The highest BCUT2D eigenvalue weighted by Crippen LogP contribution is 2.42. The number of aliphatic carboxylic acids is 1. The molecule has 6 N–H and O–H groups in total. The van der Waals surface area contributed by atoms with E-state index in [1.165, 1.54) is 30.2 Å². The van der Waals surface area contributed by atoms with Gasteiger partial charge in [0.05, 0.1) is 40.2 Å². The van der Waals surface area contributed by atoms with Gasteiger partial charge in [-0.2, -0.15) is 5.26 Å². The number of carbonyl (C=O) groups is 2. The smallest absolute Gasteiger partial charge is 0.327 e. The van der Waals surface area contributed by atoms with Crippen molar-refractivity contribution in [3.05, 3.63) is 52.6 Å². The van der Waals surface area contributed by atoms with Crippen molar-refractivity contribution in [2.24, 2.45) is 0 Å². The summed E-state index contributed by atoms with van der Waals surface area (Å²) >= 11 is 0.879. The van der Waals surface area contributed by atoms with Gasteiger partial charge >= 0.3 is 5.97 Å². The molecule has 1 unspecified atom stereocenters. The van der Waals surface area contributed by atoms with Gasteiger partial charge in [0.25, 0.3) is 0 Å². The minimum atomic E-state index is -3.73. The standard InChI is InChI=1S/C30H38N4O8S2/c1-18(35)32-25(29(38)39)17-43-27-14-22(33-44(2,41)42)13-24(28(27)37)26(36)15-30(40)7-9-34(10-8-30)23-6-5-20-11-19(16-31)3-4-21(20)12-23/h3-4,11,13-14,23,25-26,33,36-37,40H,5-10,12,15,17H2,1-2H3,(H,32,35)(H,38,39)/t23-,25+,26?/m1/s1. The lowest BCUT2D eigenvalue weighted by Gasteiger charge is -2.43. The average Bonchev–Trinajstić information content (AvgIpc) is 2.95. The first kappa shape index (κ1) is 33.5. The predicted octanol–water partition coefficient (Wildman–Crippen LogP) is 2.12. The molecule has 0 radical (unpaired) electrons. The number of aryl methyl sites for hydroxylation is 1. The zero-order valence-electron chi connectivity index (χ0n) is 24.6. The number of hydrogen-bond acceptors (Lipinski definition) is 10. The minimum Gasteiger partial charge on any atom is -0.506 e. The summed E-state index contributed by atoms with van der Waals surface area (Å²) < 4.78 is 26.2. The van der Waals surface area contributed by atoms with Crippen molar-refractivity contribution in [2.75, 3.05) is 29.8 Å². The van der Waals surface area contributed by atoms with Crippen molar-refractivity contribution in [1.82, 2.24) is 10.2 Å². The van der Waals surface area contributed by atoms with E-state index in [-0.39, 0.29) is 34.1 Å². The number of aromatic hydroxyl groups is 1. The maximum atomic E-state index is 12.0. The van der Waals surface area contributed by atoms with Gasteiger partial charge in [0.15, 0.2) is 0 Å². The molecule has 1 aliphatic carbocycles. The second-order valence-electron chi connectivity index (χ2n) is 11.7. The van der Waals surface area contributed by atoms with E-state index < -0.39 is 39.6 Å². The number of aliphatic hydroxyl groups excluding tert-OH is 1. The van der Waals surface area contributed by atoms with Crippen molar-refractivity contribution in [3.63, 3.8) is 0 Å². The number of aliphatic hydroxyl groups is 2. The Kier molecular flexibility index (Phi) is 10.5. The van der Waals surface area contributed by atoms with Crippen molar-refractivity contribution < 1.29 is 38.4 Å². The molecule has 0 aromatic heterocycles. The van der Waals surface area contributed by atoms with Crippen LogP contribution in [0.2, 0.25) is 0 Å². The fourth-order valence-electron chi connectivity index (χ4n) is 5.96. The van der Waals surface area contributed by atoms with Crippen LogP contribution in [-0.2, 0) is 32.5 Å². The van der Waals surface area contributed by atoms with Gasteiger partial charge in [0.1, 0.15) is 11.8 Å². The van der Waals surface area contributed by atoms with Crippen molar-refractivity contribution in [3.8, 4) is 11.8 Å². The molecule has 1 fully saturated rings. The molecule has 12 nitrogen and oxygen atoms in total. The Morgan fingerprint density at radius 3 is 2.52 bits per heavy atom. The van der Waals surface area contributed by atoms with Crippen LogP contribution in [0.4, 0.5) is 5.69 Å². The normalized spacial score (nSPS) is 19.7. The zero-order chi connectivity index (χ0) is 32.2. The SMILES string of the molecule is CC(=O)N[C@@H](CSc1cc(NS(C)(=O)=O)cc(C(O)CC2(O)CCN([C@@H]3CCc4cc(C#N)ccc4C3)CC2)c1O)C(=O)O. The van der Waals surface area contributed by atoms with Crippen LogP contribution in [0.5, 0.6) is 5.75 Å². The number of carbonyl (C=O) groups excluding carboxylic acids is 1. The Balaban J connectivity index is 1.46. The van der Waals surface area contributed by atoms with Crippen LogP contribution < -0.4 is 10.0 Å². The number of hydrogen-bond donors (Lipinski definition) is 6. The number of phenolic OH excluding ortho intramolecular Hbond substituents is 1. The van der Waals surface area contributed by atoms with Gasteiger partial charge in [0.2, 0.25) is 15.9 Å². The molecule has 1 aliphatic heterocycles. The Morgan fingerprint density at radius 1 is 1.20 bits per heavy atom. The van der Waals surface area contributed by atoms with E-state index in [4.69, 9.17) is 0 Å². The number of anilines is 1. The Morgan fingerprint density at radius 2 is 1.91 bits per heavy atom. The molecular formula is C30H38N4O8S2. The number of carboxylic acid groups (broad SMARTS) is 1. The van der Waals surface area contributed by atoms with Crippen LogP contribution >= 0.6 is 11.8 Å². The zero-order valence-corrected chi connectivity index (χ0v) is 26.2. The van der Waals surface area contributed by atoms with Gasteiger partial charge in [-0.1, -0.05) is 6.07 Å². The Labute approximate surface area is 261 Å². The summed E-state index contributed by atoms with van der Waals surface area (Å²) in [7, 11) is -3.73. The van der Waals surface area contributed by atoms with Gasteiger partial charge in [-0.15, -0.1) is 11.8 Å². The molecule has 2 aromatic carbocycles. The number of benzene rings is 2. The number of nitriles is 1.